The van der Waals surface area contributed by atoms with E-state index >= 15 is 0 Å². The number of amides is 2. The van der Waals surface area contributed by atoms with Crippen molar-refractivity contribution < 1.29 is 24.2 Å². The Balaban J connectivity index is 1.83. The molecule has 1 N–H and O–H groups in total. The number of unbranched alkanes of at least 4 members (excludes halogenated alkanes) is 4. The zero-order valence-electron chi connectivity index (χ0n) is 20.5. The number of thioether (sulfide) groups is 1. The van der Waals surface area contributed by atoms with E-state index in [1.54, 1.807) is 27.6 Å². The maximum Gasteiger partial charge on any atom is 0.310 e. The smallest absolute Gasteiger partial charge is 0.310 e. The number of β-amino-alcohol motifs (C(OH)–C–C–N with tert-alkyl or cyclic N) is 1. The van der Waals surface area contributed by atoms with Gasteiger partial charge in [0.15, 0.2) is 0 Å². The highest BCUT2D eigenvalue weighted by Gasteiger charge is 2.74. The molecule has 1 spiro atoms. The van der Waals surface area contributed by atoms with Crippen molar-refractivity contribution in [3.63, 3.8) is 0 Å². The summed E-state index contributed by atoms with van der Waals surface area (Å²) in [5.41, 5.74) is 0. The van der Waals surface area contributed by atoms with E-state index in [1.807, 2.05) is 6.08 Å². The van der Waals surface area contributed by atoms with Gasteiger partial charge < -0.3 is 19.6 Å². The van der Waals surface area contributed by atoms with Crippen LogP contribution in [0.2, 0.25) is 0 Å². The third-order valence-corrected chi connectivity index (χ3v) is 9.34. The van der Waals surface area contributed by atoms with Crippen LogP contribution >= 0.6 is 11.8 Å². The van der Waals surface area contributed by atoms with Crippen molar-refractivity contribution in [1.29, 1.82) is 0 Å². The number of aliphatic hydroxyl groups excluding tert-OH is 1. The molecule has 5 atom stereocenters. The van der Waals surface area contributed by atoms with E-state index in [9.17, 15) is 19.5 Å². The van der Waals surface area contributed by atoms with E-state index < -0.39 is 22.6 Å². The van der Waals surface area contributed by atoms with Crippen molar-refractivity contribution in [3.05, 3.63) is 25.3 Å². The molecule has 0 aromatic carbocycles. The summed E-state index contributed by atoms with van der Waals surface area (Å²) in [5, 5.41) is 9.71. The lowest BCUT2D eigenvalue weighted by molar-refractivity contribution is -0.154. The Morgan fingerprint density at radius 3 is 2.74 bits per heavy atom. The molecule has 0 saturated carbocycles. The summed E-state index contributed by atoms with van der Waals surface area (Å²) in [6.07, 6.45) is 10.6. The van der Waals surface area contributed by atoms with Crippen LogP contribution in [-0.4, -0.2) is 81.6 Å². The van der Waals surface area contributed by atoms with E-state index in [4.69, 9.17) is 4.74 Å². The number of esters is 1. The van der Waals surface area contributed by atoms with Crippen molar-refractivity contribution in [2.45, 2.75) is 74.3 Å². The summed E-state index contributed by atoms with van der Waals surface area (Å²) < 4.78 is 4.97. The number of fused-ring (bicyclic) bond motifs is 1. The standard InChI is InChI=1S/C26H40N2O5S/c1-4-7-9-11-18-33-25(32)20-19-12-13-26(34-19)21(20)23(30)28(16-17-29)22(26)24(31)27(14-6-3)15-10-8-5-2/h4,6,19-22,29H,1,3,5,7-18H2,2H3/t19-,20+,21-,22?,26?/m0/s1. The molecule has 3 heterocycles. The molecular formula is C26H40N2O5S. The highest BCUT2D eigenvalue weighted by molar-refractivity contribution is 8.02. The number of hydrogen-bond acceptors (Lipinski definition) is 6. The Hall–Kier alpha value is -1.80. The first-order chi connectivity index (χ1) is 16.5. The van der Waals surface area contributed by atoms with Crippen LogP contribution in [0.15, 0.2) is 25.3 Å². The van der Waals surface area contributed by atoms with Crippen LogP contribution in [0.4, 0.5) is 0 Å². The Morgan fingerprint density at radius 1 is 1.26 bits per heavy atom. The van der Waals surface area contributed by atoms with Gasteiger partial charge in [-0.1, -0.05) is 31.9 Å². The lowest BCUT2D eigenvalue weighted by Gasteiger charge is -2.37. The molecule has 0 aromatic rings. The number of rotatable bonds is 15. The zero-order chi connectivity index (χ0) is 24.7. The normalized spacial score (nSPS) is 29.2. The van der Waals surface area contributed by atoms with Crippen LogP contribution in [0.5, 0.6) is 0 Å². The van der Waals surface area contributed by atoms with Crippen molar-refractivity contribution in [2.75, 3.05) is 32.8 Å². The molecule has 2 bridgehead atoms. The molecule has 34 heavy (non-hydrogen) atoms. The average Bonchev–Trinajstić information content (AvgIpc) is 3.46. The monoisotopic (exact) mass is 492 g/mol. The molecule has 7 nitrogen and oxygen atoms in total. The first kappa shape index (κ1) is 26.8. The van der Waals surface area contributed by atoms with E-state index in [-0.39, 0.29) is 36.2 Å². The number of aliphatic hydroxyl groups is 1. The number of nitrogens with zero attached hydrogens (tertiary/aromatic N) is 2. The second kappa shape index (κ2) is 12.2. The highest BCUT2D eigenvalue weighted by atomic mass is 32.2. The van der Waals surface area contributed by atoms with Gasteiger partial charge in [0.1, 0.15) is 6.04 Å². The van der Waals surface area contributed by atoms with Crippen LogP contribution in [-0.2, 0) is 19.1 Å². The first-order valence-corrected chi connectivity index (χ1v) is 13.6. The summed E-state index contributed by atoms with van der Waals surface area (Å²) in [6, 6.07) is -0.667. The molecule has 0 aromatic heterocycles. The van der Waals surface area contributed by atoms with Crippen LogP contribution in [0.3, 0.4) is 0 Å². The molecule has 0 aliphatic carbocycles. The molecule has 190 valence electrons. The first-order valence-electron chi connectivity index (χ1n) is 12.7. The maximum atomic E-state index is 13.9. The zero-order valence-corrected chi connectivity index (χ0v) is 21.3. The van der Waals surface area contributed by atoms with E-state index in [0.717, 1.165) is 51.4 Å². The second-order valence-corrected chi connectivity index (χ2v) is 11.1. The Bertz CT molecular complexity index is 774. The highest BCUT2D eigenvalue weighted by Crippen LogP contribution is 2.66. The van der Waals surface area contributed by atoms with Crippen molar-refractivity contribution in [2.24, 2.45) is 11.8 Å². The molecule has 3 fully saturated rings. The van der Waals surface area contributed by atoms with Gasteiger partial charge in [0.25, 0.3) is 0 Å². The van der Waals surface area contributed by atoms with Crippen LogP contribution in [0, 0.1) is 11.8 Å². The topological polar surface area (TPSA) is 87.2 Å². The number of likely N-dealkylation sites (tertiary alicyclic amines) is 1. The molecule has 0 radical (unpaired) electrons. The number of allylic oxidation sites excluding steroid dienone is 1. The molecule has 3 aliphatic heterocycles. The Labute approximate surface area is 208 Å². The van der Waals surface area contributed by atoms with Gasteiger partial charge in [-0.3, -0.25) is 14.4 Å². The third kappa shape index (κ3) is 5.08. The fourth-order valence-corrected chi connectivity index (χ4v) is 8.08. The minimum atomic E-state index is -0.667. The maximum absolute atomic E-state index is 13.9. The quantitative estimate of drug-likeness (QED) is 0.215. The van der Waals surface area contributed by atoms with Crippen LogP contribution in [0.25, 0.3) is 0 Å². The predicted octanol–water partition coefficient (Wildman–Crippen LogP) is 3.17. The number of carbonyl (C=O) groups excluding carboxylic acids is 3. The van der Waals surface area contributed by atoms with Gasteiger partial charge in [-0.15, -0.1) is 24.9 Å². The summed E-state index contributed by atoms with van der Waals surface area (Å²) in [6.45, 7) is 10.9. The largest absolute Gasteiger partial charge is 0.465 e. The fourth-order valence-electron chi connectivity index (χ4n) is 5.88. The van der Waals surface area contributed by atoms with Crippen molar-refractivity contribution in [1.82, 2.24) is 9.80 Å². The lowest BCUT2D eigenvalue weighted by Crippen LogP contribution is -2.55. The van der Waals surface area contributed by atoms with Gasteiger partial charge in [-0.2, -0.15) is 0 Å². The molecule has 3 saturated heterocycles. The minimum Gasteiger partial charge on any atom is -0.465 e. The predicted molar refractivity (Wildman–Crippen MR) is 134 cm³/mol. The van der Waals surface area contributed by atoms with Crippen LogP contribution in [0.1, 0.15) is 58.3 Å². The van der Waals surface area contributed by atoms with Gasteiger partial charge >= 0.3 is 5.97 Å². The van der Waals surface area contributed by atoms with Gasteiger partial charge in [0, 0.05) is 24.9 Å². The van der Waals surface area contributed by atoms with Gasteiger partial charge in [0.2, 0.25) is 11.8 Å². The van der Waals surface area contributed by atoms with Crippen molar-refractivity contribution >= 4 is 29.5 Å². The Kier molecular flexibility index (Phi) is 9.65. The molecule has 2 unspecified atom stereocenters. The third-order valence-electron chi connectivity index (χ3n) is 7.39. The molecular weight excluding hydrogens is 452 g/mol. The average molecular weight is 493 g/mol. The summed E-state index contributed by atoms with van der Waals surface area (Å²) in [7, 11) is 0. The van der Waals surface area contributed by atoms with E-state index in [1.165, 1.54) is 0 Å². The molecule has 3 rings (SSSR count). The Morgan fingerprint density at radius 2 is 2.06 bits per heavy atom. The minimum absolute atomic E-state index is 0.00542. The fraction of sp³-hybridized carbons (Fsp3) is 0.731. The summed E-state index contributed by atoms with van der Waals surface area (Å²) in [4.78, 5) is 44.0. The van der Waals surface area contributed by atoms with E-state index in [2.05, 4.69) is 20.1 Å². The second-order valence-electron chi connectivity index (χ2n) is 9.54. The molecule has 8 heteroatoms. The van der Waals surface area contributed by atoms with E-state index in [0.29, 0.717) is 19.7 Å². The summed E-state index contributed by atoms with van der Waals surface area (Å²) in [5.74, 6) is -1.70. The van der Waals surface area contributed by atoms with Crippen molar-refractivity contribution in [3.8, 4) is 0 Å². The SMILES string of the molecule is C=CCCCCOC(=O)[C@@H]1[C@@H]2CCC3(S2)C(C(=O)N(CC=C)CCCCC)N(CCO)C(=O)[C@H]13. The molecule has 3 aliphatic rings. The molecule has 2 amide bonds. The number of ether oxygens (including phenoxy) is 1. The van der Waals surface area contributed by atoms with Gasteiger partial charge in [-0.05, 0) is 38.5 Å². The lowest BCUT2D eigenvalue weighted by atomic mass is 9.71. The summed E-state index contributed by atoms with van der Waals surface area (Å²) >= 11 is 1.64. The number of carbonyl (C=O) groups is 3. The number of hydrogen-bond donors (Lipinski definition) is 1. The van der Waals surface area contributed by atoms with Gasteiger partial charge in [-0.25, -0.2) is 0 Å². The van der Waals surface area contributed by atoms with Gasteiger partial charge in [0.05, 0.1) is 29.8 Å². The van der Waals surface area contributed by atoms with Crippen LogP contribution < -0.4 is 0 Å².